The van der Waals surface area contributed by atoms with E-state index in [2.05, 4.69) is 0 Å². The molecule has 2 amide bonds. The molecule has 3 aromatic rings. The molecule has 0 bridgehead atoms. The summed E-state index contributed by atoms with van der Waals surface area (Å²) in [5, 5.41) is 23.2. The summed E-state index contributed by atoms with van der Waals surface area (Å²) in [5.74, 6) is -0.815. The van der Waals surface area contributed by atoms with Gasteiger partial charge >= 0.3 is 5.69 Å². The molecular formula is C22H17N3O7. The van der Waals surface area contributed by atoms with Gasteiger partial charge in [-0.25, -0.2) is 0 Å². The first-order chi connectivity index (χ1) is 15.3. The van der Waals surface area contributed by atoms with Crippen molar-refractivity contribution in [3.63, 3.8) is 0 Å². The minimum atomic E-state index is -0.772. The number of rotatable bonds is 7. The van der Waals surface area contributed by atoms with E-state index in [0.717, 1.165) is 24.6 Å². The summed E-state index contributed by atoms with van der Waals surface area (Å²) in [6, 6.07) is 11.0. The Bertz CT molecular complexity index is 1280. The number of imide groups is 1. The lowest BCUT2D eigenvalue weighted by atomic mass is 9.93. The van der Waals surface area contributed by atoms with Crippen molar-refractivity contribution in [3.8, 4) is 11.5 Å². The molecule has 0 radical (unpaired) electrons. The van der Waals surface area contributed by atoms with Crippen molar-refractivity contribution < 1.29 is 24.2 Å². The van der Waals surface area contributed by atoms with Gasteiger partial charge in [0.1, 0.15) is 5.75 Å². The van der Waals surface area contributed by atoms with E-state index in [4.69, 9.17) is 4.74 Å². The maximum absolute atomic E-state index is 12.9. The van der Waals surface area contributed by atoms with Crippen LogP contribution in [0.3, 0.4) is 0 Å². The van der Waals surface area contributed by atoms with Crippen molar-refractivity contribution in [2.24, 2.45) is 0 Å². The van der Waals surface area contributed by atoms with E-state index in [1.807, 2.05) is 6.92 Å². The number of unbranched alkanes of at least 4 members (excludes halogenated alkanes) is 1. The van der Waals surface area contributed by atoms with E-state index in [1.165, 1.54) is 17.0 Å². The molecule has 0 saturated heterocycles. The van der Waals surface area contributed by atoms with Gasteiger partial charge < -0.3 is 4.74 Å². The summed E-state index contributed by atoms with van der Waals surface area (Å²) < 4.78 is 5.76. The van der Waals surface area contributed by atoms with Crippen LogP contribution >= 0.6 is 0 Å². The van der Waals surface area contributed by atoms with E-state index in [1.54, 1.807) is 18.2 Å². The van der Waals surface area contributed by atoms with Crippen LogP contribution in [0.15, 0.2) is 48.5 Å². The molecule has 1 aliphatic heterocycles. The zero-order valence-electron chi connectivity index (χ0n) is 16.9. The zero-order chi connectivity index (χ0) is 23.0. The van der Waals surface area contributed by atoms with Gasteiger partial charge in [0.05, 0.1) is 15.9 Å². The smallest absolute Gasteiger partial charge is 0.318 e. The predicted molar refractivity (Wildman–Crippen MR) is 114 cm³/mol. The van der Waals surface area contributed by atoms with Gasteiger partial charge in [-0.05, 0) is 30.7 Å². The number of hydrogen-bond acceptors (Lipinski definition) is 7. The summed E-state index contributed by atoms with van der Waals surface area (Å²) >= 11 is 0. The molecule has 0 unspecified atom stereocenters. The van der Waals surface area contributed by atoms with Crippen molar-refractivity contribution in [3.05, 3.63) is 79.9 Å². The number of nitro benzene ring substituents is 2. The number of benzene rings is 3. The van der Waals surface area contributed by atoms with Crippen LogP contribution in [0, 0.1) is 20.2 Å². The fourth-order valence-electron chi connectivity index (χ4n) is 3.69. The lowest BCUT2D eigenvalue weighted by Gasteiger charge is -2.27. The van der Waals surface area contributed by atoms with Crippen LogP contribution in [-0.4, -0.2) is 33.1 Å². The van der Waals surface area contributed by atoms with E-state index in [-0.39, 0.29) is 11.5 Å². The van der Waals surface area contributed by atoms with E-state index in [9.17, 15) is 29.8 Å². The Morgan fingerprint density at radius 1 is 0.906 bits per heavy atom. The summed E-state index contributed by atoms with van der Waals surface area (Å²) in [5.41, 5.74) is -0.324. The van der Waals surface area contributed by atoms with E-state index < -0.39 is 33.0 Å². The maximum Gasteiger partial charge on any atom is 0.318 e. The summed E-state index contributed by atoms with van der Waals surface area (Å²) in [4.78, 5) is 48.0. The second-order valence-corrected chi connectivity index (χ2v) is 7.22. The Kier molecular flexibility index (Phi) is 5.27. The number of carbonyl (C=O) groups excluding carboxylic acids is 2. The number of ether oxygens (including phenoxy) is 1. The average Bonchev–Trinajstić information content (AvgIpc) is 2.78. The Labute approximate surface area is 181 Å². The molecule has 0 saturated carbocycles. The molecule has 0 aromatic heterocycles. The van der Waals surface area contributed by atoms with Gasteiger partial charge in [-0.15, -0.1) is 0 Å². The molecule has 0 spiro atoms. The van der Waals surface area contributed by atoms with Crippen LogP contribution in [0.4, 0.5) is 11.4 Å². The molecule has 0 fully saturated rings. The Morgan fingerprint density at radius 2 is 1.59 bits per heavy atom. The molecule has 1 heterocycles. The summed E-state index contributed by atoms with van der Waals surface area (Å²) in [7, 11) is 0. The normalized spacial score (nSPS) is 12.8. The van der Waals surface area contributed by atoms with Crippen molar-refractivity contribution in [1.29, 1.82) is 0 Å². The van der Waals surface area contributed by atoms with Gasteiger partial charge in [-0.2, -0.15) is 0 Å². The predicted octanol–water partition coefficient (Wildman–Crippen LogP) is 4.84. The number of non-ortho nitro benzene ring substituents is 1. The molecule has 162 valence electrons. The Balaban J connectivity index is 1.82. The summed E-state index contributed by atoms with van der Waals surface area (Å²) in [6.45, 7) is 2.28. The second kappa shape index (κ2) is 8.06. The molecule has 32 heavy (non-hydrogen) atoms. The molecule has 10 heteroatoms. The number of hydrogen-bond donors (Lipinski definition) is 0. The molecule has 0 aliphatic carbocycles. The number of nitrogens with zero attached hydrogens (tertiary/aromatic N) is 3. The highest BCUT2D eigenvalue weighted by Gasteiger charge is 2.33. The Hall–Kier alpha value is -4.34. The van der Waals surface area contributed by atoms with Crippen LogP contribution in [0.1, 0.15) is 40.5 Å². The average molecular weight is 435 g/mol. The highest BCUT2D eigenvalue weighted by molar-refractivity contribution is 6.26. The van der Waals surface area contributed by atoms with Crippen molar-refractivity contribution >= 4 is 34.0 Å². The highest BCUT2D eigenvalue weighted by Crippen LogP contribution is 2.40. The summed E-state index contributed by atoms with van der Waals surface area (Å²) in [6.07, 6.45) is 1.52. The van der Waals surface area contributed by atoms with Crippen LogP contribution in [-0.2, 0) is 0 Å². The zero-order valence-corrected chi connectivity index (χ0v) is 16.9. The molecule has 1 aliphatic rings. The molecular weight excluding hydrogens is 418 g/mol. The molecule has 3 aromatic carbocycles. The van der Waals surface area contributed by atoms with Gasteiger partial charge in [0.25, 0.3) is 17.5 Å². The maximum atomic E-state index is 12.9. The Morgan fingerprint density at radius 3 is 2.25 bits per heavy atom. The third-order valence-corrected chi connectivity index (χ3v) is 5.26. The van der Waals surface area contributed by atoms with E-state index >= 15 is 0 Å². The fraction of sp³-hybridized carbons (Fsp3) is 0.182. The minimum Gasteiger partial charge on any atom is -0.449 e. The van der Waals surface area contributed by atoms with Gasteiger partial charge in [-0.1, -0.05) is 25.5 Å². The minimum absolute atomic E-state index is 0.185. The highest BCUT2D eigenvalue weighted by atomic mass is 16.6. The first-order valence-corrected chi connectivity index (χ1v) is 9.86. The third-order valence-electron chi connectivity index (χ3n) is 5.26. The monoisotopic (exact) mass is 435 g/mol. The number of nitro groups is 2. The lowest BCUT2D eigenvalue weighted by molar-refractivity contribution is -0.394. The molecule has 0 atom stereocenters. The van der Waals surface area contributed by atoms with Crippen LogP contribution in [0.25, 0.3) is 10.8 Å². The number of carbonyl (C=O) groups is 2. The second-order valence-electron chi connectivity index (χ2n) is 7.22. The molecule has 10 nitrogen and oxygen atoms in total. The number of amides is 2. The topological polar surface area (TPSA) is 133 Å². The van der Waals surface area contributed by atoms with Gasteiger partial charge in [0, 0.05) is 34.5 Å². The van der Waals surface area contributed by atoms with Gasteiger partial charge in [0.15, 0.2) is 0 Å². The van der Waals surface area contributed by atoms with E-state index in [0.29, 0.717) is 34.9 Å². The van der Waals surface area contributed by atoms with Crippen molar-refractivity contribution in [2.45, 2.75) is 19.8 Å². The first kappa shape index (κ1) is 20.9. The van der Waals surface area contributed by atoms with Gasteiger partial charge in [0.2, 0.25) is 5.75 Å². The fourth-order valence-corrected chi connectivity index (χ4v) is 3.69. The molecule has 0 N–H and O–H groups in total. The van der Waals surface area contributed by atoms with Crippen molar-refractivity contribution in [2.75, 3.05) is 6.54 Å². The third kappa shape index (κ3) is 3.41. The van der Waals surface area contributed by atoms with Gasteiger partial charge in [-0.3, -0.25) is 34.7 Å². The van der Waals surface area contributed by atoms with Crippen molar-refractivity contribution in [1.82, 2.24) is 4.90 Å². The van der Waals surface area contributed by atoms with Crippen LogP contribution in [0.5, 0.6) is 11.5 Å². The molecule has 4 rings (SSSR count). The quantitative estimate of drug-likeness (QED) is 0.294. The lowest BCUT2D eigenvalue weighted by Crippen LogP contribution is -2.40. The largest absolute Gasteiger partial charge is 0.449 e. The first-order valence-electron chi connectivity index (χ1n) is 9.86. The van der Waals surface area contributed by atoms with Crippen LogP contribution in [0.2, 0.25) is 0 Å². The van der Waals surface area contributed by atoms with Crippen LogP contribution < -0.4 is 4.74 Å². The standard InChI is InChI=1S/C22H17N3O7/c1-2-3-11-23-21(26)15-6-4-5-14-18(10-8-16(20(14)15)22(23)27)32-19-9-7-13(24(28)29)12-17(19)25(30)31/h4-10,12H,2-3,11H2,1H3. The SMILES string of the molecule is CCCCN1C(=O)c2cccc3c(Oc4ccc([N+](=O)[O-])cc4[N+](=O)[O-])ccc(c23)C1=O.